The lowest BCUT2D eigenvalue weighted by atomic mass is 10.1. The zero-order chi connectivity index (χ0) is 19.8. The molecule has 28 heavy (non-hydrogen) atoms. The predicted molar refractivity (Wildman–Crippen MR) is 114 cm³/mol. The van der Waals surface area contributed by atoms with Crippen LogP contribution in [-0.4, -0.2) is 35.8 Å². The number of anilines is 2. The van der Waals surface area contributed by atoms with E-state index in [9.17, 15) is 0 Å². The maximum absolute atomic E-state index is 6.16. The van der Waals surface area contributed by atoms with Gasteiger partial charge in [-0.05, 0) is 19.4 Å². The second-order valence-electron chi connectivity index (χ2n) is 7.11. The Morgan fingerprint density at radius 2 is 1.71 bits per heavy atom. The van der Waals surface area contributed by atoms with E-state index >= 15 is 0 Å². The Bertz CT molecular complexity index is 853. The zero-order valence-corrected chi connectivity index (χ0v) is 17.1. The van der Waals surface area contributed by atoms with Crippen molar-refractivity contribution in [3.8, 4) is 5.95 Å². The van der Waals surface area contributed by atoms with Gasteiger partial charge in [-0.3, -0.25) is 4.57 Å². The first-order valence-corrected chi connectivity index (χ1v) is 10.5. The van der Waals surface area contributed by atoms with Crippen LogP contribution in [0.4, 0.5) is 11.8 Å². The molecule has 3 heterocycles. The minimum absolute atomic E-state index is 0.393. The van der Waals surface area contributed by atoms with E-state index in [1.807, 2.05) is 16.8 Å². The Morgan fingerprint density at radius 3 is 2.39 bits per heavy atom. The summed E-state index contributed by atoms with van der Waals surface area (Å²) in [7, 11) is 0. The third kappa shape index (κ3) is 4.79. The molecular weight excluding hydrogens is 352 g/mol. The molecule has 0 saturated heterocycles. The average molecular weight is 385 g/mol. The predicted octanol–water partition coefficient (Wildman–Crippen LogP) is 4.17. The fraction of sp³-hybridized carbons (Fsp3) is 0.600. The van der Waals surface area contributed by atoms with Gasteiger partial charge >= 0.3 is 0 Å². The van der Waals surface area contributed by atoms with Gasteiger partial charge in [0, 0.05) is 25.5 Å². The third-order valence-electron chi connectivity index (χ3n) is 4.94. The molecule has 3 aromatic heterocycles. The van der Waals surface area contributed by atoms with Gasteiger partial charge in [0.25, 0.3) is 0 Å². The van der Waals surface area contributed by atoms with Crippen molar-refractivity contribution >= 4 is 22.9 Å². The quantitative estimate of drug-likeness (QED) is 0.455. The van der Waals surface area contributed by atoms with Crippen LogP contribution in [-0.2, 0) is 6.54 Å². The number of fused-ring (bicyclic) bond motifs is 1. The number of aromatic nitrogens is 6. The van der Waals surface area contributed by atoms with Crippen molar-refractivity contribution in [2.24, 2.45) is 0 Å². The molecular formula is C20H32N8. The number of unbranched alkanes of at least 4 members (excludes halogenated alkanes) is 7. The second-order valence-corrected chi connectivity index (χ2v) is 7.11. The van der Waals surface area contributed by atoms with Crippen LogP contribution in [0.5, 0.6) is 0 Å². The van der Waals surface area contributed by atoms with Gasteiger partial charge in [0.1, 0.15) is 0 Å². The highest BCUT2D eigenvalue weighted by Crippen LogP contribution is 2.22. The summed E-state index contributed by atoms with van der Waals surface area (Å²) >= 11 is 0. The highest BCUT2D eigenvalue weighted by Gasteiger charge is 2.17. The van der Waals surface area contributed by atoms with Crippen molar-refractivity contribution in [3.63, 3.8) is 0 Å². The van der Waals surface area contributed by atoms with Gasteiger partial charge in [-0.1, -0.05) is 51.9 Å². The molecule has 0 unspecified atom stereocenters. The Hall–Kier alpha value is -2.64. The van der Waals surface area contributed by atoms with Crippen LogP contribution >= 0.6 is 0 Å². The number of nitrogen functional groups attached to an aromatic ring is 1. The van der Waals surface area contributed by atoms with Crippen LogP contribution < -0.4 is 11.1 Å². The van der Waals surface area contributed by atoms with Crippen LogP contribution in [0, 0.1) is 0 Å². The number of aryl methyl sites for hydroxylation is 1. The number of hydrogen-bond donors (Lipinski definition) is 2. The van der Waals surface area contributed by atoms with Crippen molar-refractivity contribution in [1.82, 2.24) is 29.3 Å². The molecule has 3 aromatic rings. The Morgan fingerprint density at radius 1 is 0.964 bits per heavy atom. The molecule has 0 spiro atoms. The molecule has 8 heteroatoms. The molecule has 152 valence electrons. The molecule has 0 atom stereocenters. The maximum Gasteiger partial charge on any atom is 0.233 e. The molecule has 8 nitrogen and oxygen atoms in total. The normalized spacial score (nSPS) is 11.4. The maximum atomic E-state index is 6.16. The highest BCUT2D eigenvalue weighted by molar-refractivity contribution is 5.84. The summed E-state index contributed by atoms with van der Waals surface area (Å²) < 4.78 is 3.72. The van der Waals surface area contributed by atoms with Crippen LogP contribution in [0.25, 0.3) is 17.1 Å². The van der Waals surface area contributed by atoms with Gasteiger partial charge < -0.3 is 11.1 Å². The van der Waals surface area contributed by atoms with Gasteiger partial charge in [0.15, 0.2) is 17.0 Å². The van der Waals surface area contributed by atoms with Gasteiger partial charge in [-0.15, -0.1) is 0 Å². The van der Waals surface area contributed by atoms with Gasteiger partial charge in [-0.25, -0.2) is 9.67 Å². The summed E-state index contributed by atoms with van der Waals surface area (Å²) in [5.41, 5.74) is 7.51. The third-order valence-corrected chi connectivity index (χ3v) is 4.94. The van der Waals surface area contributed by atoms with Crippen molar-refractivity contribution in [3.05, 3.63) is 18.5 Å². The molecule has 3 rings (SSSR count). The zero-order valence-electron chi connectivity index (χ0n) is 17.1. The number of hydrogen-bond acceptors (Lipinski definition) is 6. The molecule has 0 fully saturated rings. The number of imidazole rings is 1. The van der Waals surface area contributed by atoms with E-state index < -0.39 is 0 Å². The Kier molecular flexibility index (Phi) is 7.22. The standard InChI is InChI=1S/C20H32N8/c1-3-5-6-7-8-9-10-11-13-22-19-25-17(21)16-18(26-19)27(4-2)20(24-16)28-15-12-14-23-28/h12,14-15H,3-11,13H2,1-2H3,(H3,21,22,25,26). The lowest BCUT2D eigenvalue weighted by Crippen LogP contribution is -2.09. The average Bonchev–Trinajstić information content (AvgIpc) is 3.34. The number of rotatable bonds is 12. The van der Waals surface area contributed by atoms with E-state index in [0.717, 1.165) is 25.2 Å². The van der Waals surface area contributed by atoms with E-state index in [1.54, 1.807) is 10.9 Å². The molecule has 0 bridgehead atoms. The highest BCUT2D eigenvalue weighted by atomic mass is 15.4. The van der Waals surface area contributed by atoms with E-state index in [4.69, 9.17) is 5.73 Å². The Labute approximate surface area is 166 Å². The van der Waals surface area contributed by atoms with Gasteiger partial charge in [-0.2, -0.15) is 15.1 Å². The smallest absolute Gasteiger partial charge is 0.233 e. The lowest BCUT2D eigenvalue weighted by molar-refractivity contribution is 0.581. The van der Waals surface area contributed by atoms with Crippen molar-refractivity contribution in [1.29, 1.82) is 0 Å². The summed E-state index contributed by atoms with van der Waals surface area (Å²) in [5.74, 6) is 1.65. The molecule has 0 radical (unpaired) electrons. The summed E-state index contributed by atoms with van der Waals surface area (Å²) in [4.78, 5) is 13.7. The van der Waals surface area contributed by atoms with E-state index in [-0.39, 0.29) is 0 Å². The van der Waals surface area contributed by atoms with Crippen molar-refractivity contribution in [2.75, 3.05) is 17.6 Å². The van der Waals surface area contributed by atoms with Crippen LogP contribution in [0.15, 0.2) is 18.5 Å². The van der Waals surface area contributed by atoms with Crippen LogP contribution in [0.3, 0.4) is 0 Å². The van der Waals surface area contributed by atoms with Crippen molar-refractivity contribution < 1.29 is 0 Å². The SMILES string of the molecule is CCCCCCCCCCNc1nc(N)c2nc(-n3cccn3)n(CC)c2n1. The summed E-state index contributed by atoms with van der Waals surface area (Å²) in [5, 5.41) is 7.59. The molecule has 0 amide bonds. The van der Waals surface area contributed by atoms with Crippen molar-refractivity contribution in [2.45, 2.75) is 71.8 Å². The van der Waals surface area contributed by atoms with E-state index in [2.05, 4.69) is 39.2 Å². The van der Waals surface area contributed by atoms with E-state index in [0.29, 0.717) is 23.2 Å². The Balaban J connectivity index is 1.59. The first-order chi connectivity index (χ1) is 13.7. The second kappa shape index (κ2) is 10.1. The molecule has 0 saturated carbocycles. The monoisotopic (exact) mass is 384 g/mol. The molecule has 0 aliphatic heterocycles. The largest absolute Gasteiger partial charge is 0.382 e. The fourth-order valence-electron chi connectivity index (χ4n) is 3.40. The topological polar surface area (TPSA) is 99.5 Å². The van der Waals surface area contributed by atoms with Crippen LogP contribution in [0.1, 0.15) is 65.2 Å². The number of nitrogens with zero attached hydrogens (tertiary/aromatic N) is 6. The molecule has 0 aromatic carbocycles. The first kappa shape index (κ1) is 20.1. The van der Waals surface area contributed by atoms with Gasteiger partial charge in [0.2, 0.25) is 11.9 Å². The summed E-state index contributed by atoms with van der Waals surface area (Å²) in [6.45, 7) is 5.88. The first-order valence-electron chi connectivity index (χ1n) is 10.5. The molecule has 0 aliphatic carbocycles. The molecule has 3 N–H and O–H groups in total. The van der Waals surface area contributed by atoms with Crippen LogP contribution in [0.2, 0.25) is 0 Å². The fourth-order valence-corrected chi connectivity index (χ4v) is 3.40. The summed E-state index contributed by atoms with van der Waals surface area (Å²) in [6, 6.07) is 1.87. The lowest BCUT2D eigenvalue weighted by Gasteiger charge is -2.08. The minimum Gasteiger partial charge on any atom is -0.382 e. The number of nitrogens with one attached hydrogen (secondary N) is 1. The van der Waals surface area contributed by atoms with Gasteiger partial charge in [0.05, 0.1) is 0 Å². The van der Waals surface area contributed by atoms with E-state index in [1.165, 1.54) is 44.9 Å². The molecule has 0 aliphatic rings. The number of nitrogens with two attached hydrogens (primary N) is 1. The summed E-state index contributed by atoms with van der Waals surface area (Å²) in [6.07, 6.45) is 13.9. The minimum atomic E-state index is 0.393.